The van der Waals surface area contributed by atoms with Crippen LogP contribution in [-0.4, -0.2) is 5.91 Å². The van der Waals surface area contributed by atoms with Crippen LogP contribution in [-0.2, 0) is 6.61 Å². The normalized spacial score (nSPS) is 10.2. The topological polar surface area (TPSA) is 64.3 Å². The van der Waals surface area contributed by atoms with E-state index in [4.69, 9.17) is 10.6 Å². The summed E-state index contributed by atoms with van der Waals surface area (Å²) >= 11 is 3.31. The molecule has 0 aliphatic rings. The lowest BCUT2D eigenvalue weighted by molar-refractivity contribution is 0.0953. The van der Waals surface area contributed by atoms with Crippen LogP contribution in [0.25, 0.3) is 0 Å². The highest BCUT2D eigenvalue weighted by Crippen LogP contribution is 2.18. The molecule has 0 radical (unpaired) electrons. The Hall–Kier alpha value is -1.92. The third-order valence-corrected chi connectivity index (χ3v) is 3.18. The van der Waals surface area contributed by atoms with Crippen molar-refractivity contribution in [2.75, 3.05) is 0 Å². The molecular formula is C14H12BrFN2O2. The summed E-state index contributed by atoms with van der Waals surface area (Å²) in [4.78, 5) is 11.4. The maximum atomic E-state index is 13.7. The van der Waals surface area contributed by atoms with Gasteiger partial charge in [0.25, 0.3) is 5.91 Å². The van der Waals surface area contributed by atoms with Crippen molar-refractivity contribution >= 4 is 21.8 Å². The molecule has 3 N–H and O–H groups in total. The van der Waals surface area contributed by atoms with Crippen molar-refractivity contribution in [1.29, 1.82) is 0 Å². The fourth-order valence-corrected chi connectivity index (χ4v) is 1.87. The van der Waals surface area contributed by atoms with Gasteiger partial charge in [-0.2, -0.15) is 0 Å². The van der Waals surface area contributed by atoms with Crippen molar-refractivity contribution in [3.05, 3.63) is 63.9 Å². The number of ether oxygens (including phenoxy) is 1. The zero-order valence-electron chi connectivity index (χ0n) is 10.4. The van der Waals surface area contributed by atoms with E-state index in [9.17, 15) is 9.18 Å². The van der Waals surface area contributed by atoms with Crippen LogP contribution in [0, 0.1) is 5.82 Å². The summed E-state index contributed by atoms with van der Waals surface area (Å²) in [5, 5.41) is 0. The van der Waals surface area contributed by atoms with Crippen molar-refractivity contribution in [1.82, 2.24) is 5.43 Å². The summed E-state index contributed by atoms with van der Waals surface area (Å²) in [7, 11) is 0. The Bertz CT molecular complexity index is 617. The third-order valence-electron chi connectivity index (χ3n) is 2.65. The maximum Gasteiger partial charge on any atom is 0.265 e. The van der Waals surface area contributed by atoms with Gasteiger partial charge in [0.05, 0.1) is 0 Å². The number of hydrazine groups is 1. The molecule has 0 unspecified atom stereocenters. The average Bonchev–Trinajstić information content (AvgIpc) is 2.47. The second kappa shape index (κ2) is 6.49. The zero-order chi connectivity index (χ0) is 14.5. The molecule has 2 rings (SSSR count). The van der Waals surface area contributed by atoms with Crippen molar-refractivity contribution in [3.63, 3.8) is 0 Å². The third kappa shape index (κ3) is 3.55. The lowest BCUT2D eigenvalue weighted by Gasteiger charge is -2.09. The van der Waals surface area contributed by atoms with Gasteiger partial charge in [-0.15, -0.1) is 0 Å². The number of hydrogen-bond acceptors (Lipinski definition) is 3. The molecule has 0 atom stereocenters. The maximum absolute atomic E-state index is 13.7. The second-order valence-corrected chi connectivity index (χ2v) is 4.94. The van der Waals surface area contributed by atoms with Gasteiger partial charge in [0.2, 0.25) is 0 Å². The Morgan fingerprint density at radius 3 is 2.60 bits per heavy atom. The fraction of sp³-hybridized carbons (Fsp3) is 0.0714. The van der Waals surface area contributed by atoms with Gasteiger partial charge in [0.15, 0.2) is 0 Å². The first-order chi connectivity index (χ1) is 9.60. The van der Waals surface area contributed by atoms with Gasteiger partial charge < -0.3 is 4.74 Å². The van der Waals surface area contributed by atoms with E-state index in [1.807, 2.05) is 17.6 Å². The predicted octanol–water partition coefficient (Wildman–Crippen LogP) is 2.77. The molecule has 0 saturated carbocycles. The second-order valence-electron chi connectivity index (χ2n) is 4.02. The summed E-state index contributed by atoms with van der Waals surface area (Å²) in [6.45, 7) is 0.0269. The Labute approximate surface area is 123 Å². The predicted molar refractivity (Wildman–Crippen MR) is 76.5 cm³/mol. The summed E-state index contributed by atoms with van der Waals surface area (Å²) in [6, 6.07) is 11.2. The minimum atomic E-state index is -0.477. The van der Waals surface area contributed by atoms with Crippen LogP contribution in [0.5, 0.6) is 5.75 Å². The lowest BCUT2D eigenvalue weighted by Crippen LogP contribution is -2.30. The van der Waals surface area contributed by atoms with E-state index in [1.54, 1.807) is 12.1 Å². The SMILES string of the molecule is NNC(=O)c1ccc(F)c(COc2ccc(Br)cc2)c1. The van der Waals surface area contributed by atoms with Crippen molar-refractivity contribution in [3.8, 4) is 5.75 Å². The Morgan fingerprint density at radius 2 is 1.95 bits per heavy atom. The van der Waals surface area contributed by atoms with Crippen LogP contribution < -0.4 is 16.0 Å². The molecule has 0 heterocycles. The standard InChI is InChI=1S/C14H12BrFN2O2/c15-11-2-4-12(5-3-11)20-8-10-7-9(14(19)18-17)1-6-13(10)16/h1-7H,8,17H2,(H,18,19). The van der Waals surface area contributed by atoms with Crippen LogP contribution >= 0.6 is 15.9 Å². The van der Waals surface area contributed by atoms with Crippen molar-refractivity contribution in [2.45, 2.75) is 6.61 Å². The molecule has 6 heteroatoms. The summed E-state index contributed by atoms with van der Waals surface area (Å²) in [6.07, 6.45) is 0. The van der Waals surface area contributed by atoms with E-state index < -0.39 is 11.7 Å². The minimum absolute atomic E-state index is 0.0269. The Kier molecular flexibility index (Phi) is 4.70. The van der Waals surface area contributed by atoms with E-state index in [1.165, 1.54) is 18.2 Å². The molecule has 0 saturated heterocycles. The van der Waals surface area contributed by atoms with Gasteiger partial charge >= 0.3 is 0 Å². The summed E-state index contributed by atoms with van der Waals surface area (Å²) < 4.78 is 20.1. The highest BCUT2D eigenvalue weighted by Gasteiger charge is 2.09. The number of carbonyl (C=O) groups is 1. The first-order valence-corrected chi connectivity index (χ1v) is 6.57. The van der Waals surface area contributed by atoms with Gasteiger partial charge in [-0.3, -0.25) is 10.2 Å². The van der Waals surface area contributed by atoms with Gasteiger partial charge in [-0.25, -0.2) is 10.2 Å². The number of carbonyl (C=O) groups excluding carboxylic acids is 1. The largest absolute Gasteiger partial charge is 0.489 e. The highest BCUT2D eigenvalue weighted by atomic mass is 79.9. The minimum Gasteiger partial charge on any atom is -0.489 e. The molecule has 1 amide bonds. The molecule has 104 valence electrons. The van der Waals surface area contributed by atoms with Crippen LogP contribution in [0.3, 0.4) is 0 Å². The highest BCUT2D eigenvalue weighted by molar-refractivity contribution is 9.10. The molecule has 0 spiro atoms. The Morgan fingerprint density at radius 1 is 1.25 bits per heavy atom. The van der Waals surface area contributed by atoms with Gasteiger partial charge in [0, 0.05) is 15.6 Å². The van der Waals surface area contributed by atoms with E-state index >= 15 is 0 Å². The van der Waals surface area contributed by atoms with E-state index in [2.05, 4.69) is 15.9 Å². The molecular weight excluding hydrogens is 327 g/mol. The molecule has 0 fully saturated rings. The fourth-order valence-electron chi connectivity index (χ4n) is 1.60. The smallest absolute Gasteiger partial charge is 0.265 e. The Balaban J connectivity index is 2.12. The number of nitrogens with one attached hydrogen (secondary N) is 1. The van der Waals surface area contributed by atoms with Crippen LogP contribution in [0.1, 0.15) is 15.9 Å². The number of hydrogen-bond donors (Lipinski definition) is 2. The average molecular weight is 339 g/mol. The molecule has 0 aliphatic heterocycles. The number of benzene rings is 2. The quantitative estimate of drug-likeness (QED) is 0.511. The zero-order valence-corrected chi connectivity index (χ0v) is 12.0. The molecule has 2 aromatic carbocycles. The number of amides is 1. The first-order valence-electron chi connectivity index (χ1n) is 5.78. The molecule has 4 nitrogen and oxygen atoms in total. The number of nitrogen functional groups attached to an aromatic ring is 1. The molecule has 0 aliphatic carbocycles. The monoisotopic (exact) mass is 338 g/mol. The summed E-state index contributed by atoms with van der Waals surface area (Å²) in [5.41, 5.74) is 2.57. The van der Waals surface area contributed by atoms with Crippen LogP contribution in [0.4, 0.5) is 4.39 Å². The van der Waals surface area contributed by atoms with Gasteiger partial charge in [-0.05, 0) is 42.5 Å². The van der Waals surface area contributed by atoms with Crippen LogP contribution in [0.2, 0.25) is 0 Å². The van der Waals surface area contributed by atoms with Crippen molar-refractivity contribution < 1.29 is 13.9 Å². The van der Waals surface area contributed by atoms with Gasteiger partial charge in [-0.1, -0.05) is 15.9 Å². The van der Waals surface area contributed by atoms with Gasteiger partial charge in [0.1, 0.15) is 18.2 Å². The summed E-state index contributed by atoms with van der Waals surface area (Å²) in [5.74, 6) is 4.74. The molecule has 20 heavy (non-hydrogen) atoms. The molecule has 0 bridgehead atoms. The van der Waals surface area contributed by atoms with Crippen molar-refractivity contribution in [2.24, 2.45) is 5.84 Å². The molecule has 0 aromatic heterocycles. The van der Waals surface area contributed by atoms with E-state index in [0.717, 1.165) is 4.47 Å². The lowest BCUT2D eigenvalue weighted by atomic mass is 10.1. The number of nitrogens with two attached hydrogens (primary N) is 1. The number of halogens is 2. The van der Waals surface area contributed by atoms with Crippen LogP contribution in [0.15, 0.2) is 46.9 Å². The number of rotatable bonds is 4. The van der Waals surface area contributed by atoms with E-state index in [0.29, 0.717) is 5.75 Å². The molecule has 2 aromatic rings. The van der Waals surface area contributed by atoms with E-state index in [-0.39, 0.29) is 17.7 Å². The first kappa shape index (κ1) is 14.5.